The van der Waals surface area contributed by atoms with Crippen LogP contribution < -0.4 is 0 Å². The molecule has 2 aromatic carbocycles. The van der Waals surface area contributed by atoms with Crippen molar-refractivity contribution in [2.75, 3.05) is 5.88 Å². The Balaban J connectivity index is 2.18. The fourth-order valence-corrected chi connectivity index (χ4v) is 3.54. The van der Waals surface area contributed by atoms with E-state index in [0.29, 0.717) is 5.52 Å². The normalized spacial score (nSPS) is 14.3. The molecule has 0 radical (unpaired) electrons. The van der Waals surface area contributed by atoms with Gasteiger partial charge in [0.2, 0.25) is 0 Å². The van der Waals surface area contributed by atoms with E-state index in [4.69, 9.17) is 11.6 Å². The van der Waals surface area contributed by atoms with Gasteiger partial charge in [0.25, 0.3) is 0 Å². The predicted octanol–water partition coefficient (Wildman–Crippen LogP) is 4.05. The molecule has 0 fully saturated rings. The molecule has 3 rings (SSSR count). The van der Waals surface area contributed by atoms with Crippen LogP contribution in [0, 0.1) is 11.6 Å². The Morgan fingerprint density at radius 2 is 1.95 bits per heavy atom. The molecule has 21 heavy (non-hydrogen) atoms. The Morgan fingerprint density at radius 3 is 2.62 bits per heavy atom. The van der Waals surface area contributed by atoms with Crippen molar-refractivity contribution in [3.63, 3.8) is 0 Å². The molecule has 0 aliphatic rings. The number of hydrogen-bond donors (Lipinski definition) is 1. The molecule has 0 aliphatic heterocycles. The van der Waals surface area contributed by atoms with Gasteiger partial charge in [-0.15, -0.1) is 22.9 Å². The van der Waals surface area contributed by atoms with Crippen molar-refractivity contribution in [2.24, 2.45) is 0 Å². The first-order valence-electron chi connectivity index (χ1n) is 6.14. The first-order valence-corrected chi connectivity index (χ1v) is 7.49. The first kappa shape index (κ1) is 14.4. The Hall–Kier alpha value is -1.56. The lowest BCUT2D eigenvalue weighted by Gasteiger charge is -2.24. The molecule has 3 aromatic rings. The number of halogens is 3. The topological polar surface area (TPSA) is 33.1 Å². The van der Waals surface area contributed by atoms with E-state index < -0.39 is 17.2 Å². The summed E-state index contributed by atoms with van der Waals surface area (Å²) in [7, 11) is 0. The Bertz CT molecular complexity index is 774. The third-order valence-corrected chi connectivity index (χ3v) is 4.79. The molecule has 108 valence electrons. The minimum atomic E-state index is -1.79. The van der Waals surface area contributed by atoms with Gasteiger partial charge in [0.15, 0.2) is 5.60 Å². The quantitative estimate of drug-likeness (QED) is 0.737. The second-order valence-corrected chi connectivity index (χ2v) is 5.90. The third-order valence-electron chi connectivity index (χ3n) is 3.22. The van der Waals surface area contributed by atoms with E-state index in [0.717, 1.165) is 16.8 Å². The lowest BCUT2D eigenvalue weighted by molar-refractivity contribution is 0.101. The molecule has 1 aromatic heterocycles. The van der Waals surface area contributed by atoms with Crippen LogP contribution in [0.1, 0.15) is 10.6 Å². The zero-order valence-corrected chi connectivity index (χ0v) is 12.3. The second-order valence-electron chi connectivity index (χ2n) is 4.60. The summed E-state index contributed by atoms with van der Waals surface area (Å²) in [6.45, 7) is 0. The van der Waals surface area contributed by atoms with Crippen molar-refractivity contribution in [1.29, 1.82) is 0 Å². The average Bonchev–Trinajstić information content (AvgIpc) is 2.91. The molecular weight excluding hydrogens is 316 g/mol. The first-order chi connectivity index (χ1) is 10.0. The molecule has 1 N–H and O–H groups in total. The Morgan fingerprint density at radius 1 is 1.19 bits per heavy atom. The summed E-state index contributed by atoms with van der Waals surface area (Å²) in [4.78, 5) is 4.32. The van der Waals surface area contributed by atoms with Crippen LogP contribution in [-0.4, -0.2) is 16.0 Å². The number of aliphatic hydroxyl groups is 1. The summed E-state index contributed by atoms with van der Waals surface area (Å²) in [5.41, 5.74) is -1.18. The van der Waals surface area contributed by atoms with E-state index in [1.807, 2.05) is 18.2 Å². The molecule has 1 heterocycles. The Kier molecular flexibility index (Phi) is 3.65. The van der Waals surface area contributed by atoms with Crippen LogP contribution in [0.2, 0.25) is 0 Å². The molecule has 1 atom stereocenters. The predicted molar refractivity (Wildman–Crippen MR) is 79.7 cm³/mol. The molecule has 0 bridgehead atoms. The van der Waals surface area contributed by atoms with Gasteiger partial charge in [-0.2, -0.15) is 0 Å². The number of fused-ring (bicyclic) bond motifs is 1. The highest BCUT2D eigenvalue weighted by Gasteiger charge is 2.36. The Labute approximate surface area is 128 Å². The maximum absolute atomic E-state index is 14.0. The number of alkyl halides is 1. The lowest BCUT2D eigenvalue weighted by Crippen LogP contribution is -2.30. The average molecular weight is 326 g/mol. The van der Waals surface area contributed by atoms with Crippen molar-refractivity contribution in [3.05, 3.63) is 64.7 Å². The van der Waals surface area contributed by atoms with E-state index in [1.54, 1.807) is 6.07 Å². The van der Waals surface area contributed by atoms with Crippen LogP contribution in [0.5, 0.6) is 0 Å². The van der Waals surface area contributed by atoms with Crippen molar-refractivity contribution in [3.8, 4) is 0 Å². The van der Waals surface area contributed by atoms with E-state index in [9.17, 15) is 13.9 Å². The van der Waals surface area contributed by atoms with Crippen LogP contribution in [0.4, 0.5) is 8.78 Å². The van der Waals surface area contributed by atoms with Crippen LogP contribution in [0.25, 0.3) is 10.2 Å². The number of nitrogens with zero attached hydrogens (tertiary/aromatic N) is 1. The van der Waals surface area contributed by atoms with Crippen molar-refractivity contribution < 1.29 is 13.9 Å². The van der Waals surface area contributed by atoms with Gasteiger partial charge in [0, 0.05) is 11.6 Å². The van der Waals surface area contributed by atoms with Gasteiger partial charge in [-0.05, 0) is 24.3 Å². The summed E-state index contributed by atoms with van der Waals surface area (Å²) < 4.78 is 27.9. The minimum Gasteiger partial charge on any atom is -0.376 e. The van der Waals surface area contributed by atoms with E-state index >= 15 is 0 Å². The van der Waals surface area contributed by atoms with E-state index in [-0.39, 0.29) is 16.5 Å². The number of aromatic nitrogens is 1. The number of para-hydroxylation sites is 1. The van der Waals surface area contributed by atoms with Crippen molar-refractivity contribution >= 4 is 33.2 Å². The fraction of sp³-hybridized carbons (Fsp3) is 0.133. The van der Waals surface area contributed by atoms with Gasteiger partial charge in [-0.25, -0.2) is 13.8 Å². The zero-order valence-electron chi connectivity index (χ0n) is 10.7. The molecule has 0 saturated heterocycles. The summed E-state index contributed by atoms with van der Waals surface area (Å²) in [5, 5.41) is 11.1. The standard InChI is InChI=1S/C15H10ClF2NOS/c16-8-15(20,10-6-5-9(17)7-11(10)18)14-19-12-3-1-2-4-13(12)21-14/h1-7,20H,8H2. The van der Waals surface area contributed by atoms with Gasteiger partial charge >= 0.3 is 0 Å². The number of thiazole rings is 1. The zero-order chi connectivity index (χ0) is 15.0. The van der Waals surface area contributed by atoms with Crippen LogP contribution >= 0.6 is 22.9 Å². The monoisotopic (exact) mass is 325 g/mol. The summed E-state index contributed by atoms with van der Waals surface area (Å²) in [5.74, 6) is -1.84. The van der Waals surface area contributed by atoms with Crippen molar-refractivity contribution in [2.45, 2.75) is 5.60 Å². The van der Waals surface area contributed by atoms with Gasteiger partial charge in [0.1, 0.15) is 16.6 Å². The van der Waals surface area contributed by atoms with Crippen LogP contribution in [-0.2, 0) is 5.60 Å². The summed E-state index contributed by atoms with van der Waals surface area (Å²) >= 11 is 7.10. The van der Waals surface area contributed by atoms with Gasteiger partial charge in [-0.1, -0.05) is 12.1 Å². The maximum atomic E-state index is 14.0. The number of hydrogen-bond acceptors (Lipinski definition) is 3. The van der Waals surface area contributed by atoms with Crippen LogP contribution in [0.3, 0.4) is 0 Å². The molecule has 2 nitrogen and oxygen atoms in total. The summed E-state index contributed by atoms with van der Waals surface area (Å²) in [6, 6.07) is 10.3. The lowest BCUT2D eigenvalue weighted by atomic mass is 9.96. The highest BCUT2D eigenvalue weighted by molar-refractivity contribution is 7.18. The van der Waals surface area contributed by atoms with Gasteiger partial charge in [-0.3, -0.25) is 0 Å². The van der Waals surface area contributed by atoms with Crippen LogP contribution in [0.15, 0.2) is 42.5 Å². The van der Waals surface area contributed by atoms with E-state index in [1.165, 1.54) is 17.4 Å². The van der Waals surface area contributed by atoms with Gasteiger partial charge in [0.05, 0.1) is 16.1 Å². The van der Waals surface area contributed by atoms with Gasteiger partial charge < -0.3 is 5.11 Å². The molecular formula is C15H10ClF2NOS. The number of rotatable bonds is 3. The smallest absolute Gasteiger partial charge is 0.157 e. The molecule has 6 heteroatoms. The molecule has 0 spiro atoms. The summed E-state index contributed by atoms with van der Waals surface area (Å²) in [6.07, 6.45) is 0. The number of benzene rings is 2. The molecule has 1 unspecified atom stereocenters. The molecule has 0 saturated carbocycles. The highest BCUT2D eigenvalue weighted by atomic mass is 35.5. The maximum Gasteiger partial charge on any atom is 0.157 e. The SMILES string of the molecule is OC(CCl)(c1nc2ccccc2s1)c1ccc(F)cc1F. The highest BCUT2D eigenvalue weighted by Crippen LogP contribution is 2.37. The minimum absolute atomic E-state index is 0.0852. The largest absolute Gasteiger partial charge is 0.376 e. The van der Waals surface area contributed by atoms with Crippen molar-refractivity contribution in [1.82, 2.24) is 4.98 Å². The third kappa shape index (κ3) is 2.41. The fourth-order valence-electron chi connectivity index (χ4n) is 2.12. The van der Waals surface area contributed by atoms with E-state index in [2.05, 4.69) is 4.98 Å². The molecule has 0 amide bonds. The molecule has 0 aliphatic carbocycles. The second kappa shape index (κ2) is 5.33.